The van der Waals surface area contributed by atoms with Gasteiger partial charge in [0.2, 0.25) is 0 Å². The molecule has 0 aliphatic carbocycles. The highest BCUT2D eigenvalue weighted by molar-refractivity contribution is 4.66. The fourth-order valence-corrected chi connectivity index (χ4v) is 1.81. The van der Waals surface area contributed by atoms with Crippen molar-refractivity contribution in [2.75, 3.05) is 33.5 Å². The van der Waals surface area contributed by atoms with E-state index in [0.717, 1.165) is 19.6 Å². The third-order valence-electron chi connectivity index (χ3n) is 2.88. The van der Waals surface area contributed by atoms with Crippen LogP contribution in [0.4, 0.5) is 0 Å². The maximum Gasteiger partial charge on any atom is 0.0700 e. The Morgan fingerprint density at radius 3 is 2.41 bits per heavy atom. The maximum atomic E-state index is 5.53. The molecular formula is C14H31NO2. The van der Waals surface area contributed by atoms with Gasteiger partial charge in [-0.3, -0.25) is 0 Å². The molecule has 0 saturated heterocycles. The smallest absolute Gasteiger partial charge is 0.0700 e. The molecule has 0 aromatic carbocycles. The Bertz CT molecular complexity index is 142. The number of nitrogens with one attached hydrogen (secondary N) is 1. The lowest BCUT2D eigenvalue weighted by Crippen LogP contribution is -2.31. The van der Waals surface area contributed by atoms with E-state index >= 15 is 0 Å². The summed E-state index contributed by atoms with van der Waals surface area (Å²) >= 11 is 0. The first-order valence-corrected chi connectivity index (χ1v) is 7.15. The highest BCUT2D eigenvalue weighted by Crippen LogP contribution is 2.07. The number of rotatable bonds is 13. The molecule has 0 radical (unpaired) electrons. The minimum absolute atomic E-state index is 0.629. The fourth-order valence-electron chi connectivity index (χ4n) is 1.81. The molecule has 0 aromatic rings. The molecule has 1 N–H and O–H groups in total. The van der Waals surface area contributed by atoms with Crippen molar-refractivity contribution in [3.63, 3.8) is 0 Å². The Kier molecular flexibility index (Phi) is 13.8. The molecule has 0 aromatic heterocycles. The first-order valence-electron chi connectivity index (χ1n) is 7.15. The van der Waals surface area contributed by atoms with E-state index in [1.54, 1.807) is 7.11 Å². The normalized spacial score (nSPS) is 12.9. The summed E-state index contributed by atoms with van der Waals surface area (Å²) < 4.78 is 10.5. The number of unbranched alkanes of at least 4 members (excludes halogenated alkanes) is 2. The zero-order chi connectivity index (χ0) is 12.8. The van der Waals surface area contributed by atoms with Crippen molar-refractivity contribution in [1.82, 2.24) is 5.32 Å². The van der Waals surface area contributed by atoms with Crippen LogP contribution in [0.5, 0.6) is 0 Å². The molecule has 0 amide bonds. The van der Waals surface area contributed by atoms with E-state index in [-0.39, 0.29) is 0 Å². The third-order valence-corrected chi connectivity index (χ3v) is 2.88. The fraction of sp³-hybridized carbons (Fsp3) is 1.00. The second kappa shape index (κ2) is 13.9. The SMILES string of the molecule is CCCCCC(CCOCCOC)NCCC. The minimum atomic E-state index is 0.629. The summed E-state index contributed by atoms with van der Waals surface area (Å²) in [5.41, 5.74) is 0. The molecule has 1 unspecified atom stereocenters. The van der Waals surface area contributed by atoms with E-state index in [1.807, 2.05) is 0 Å². The van der Waals surface area contributed by atoms with Crippen LogP contribution in [-0.4, -0.2) is 39.5 Å². The molecule has 104 valence electrons. The Morgan fingerprint density at radius 1 is 0.941 bits per heavy atom. The topological polar surface area (TPSA) is 30.5 Å². The predicted octanol–water partition coefficient (Wildman–Crippen LogP) is 2.99. The summed E-state index contributed by atoms with van der Waals surface area (Å²) in [6.07, 6.45) is 7.57. The van der Waals surface area contributed by atoms with Gasteiger partial charge in [-0.1, -0.05) is 33.1 Å². The molecule has 17 heavy (non-hydrogen) atoms. The standard InChI is InChI=1S/C14H31NO2/c1-4-6-7-8-14(15-10-5-2)9-11-17-13-12-16-3/h14-15H,4-13H2,1-3H3. The zero-order valence-corrected chi connectivity index (χ0v) is 12.0. The summed E-state index contributed by atoms with van der Waals surface area (Å²) in [5, 5.41) is 3.61. The number of ether oxygens (including phenoxy) is 2. The largest absolute Gasteiger partial charge is 0.382 e. The lowest BCUT2D eigenvalue weighted by molar-refractivity contribution is 0.0653. The van der Waals surface area contributed by atoms with Gasteiger partial charge in [0, 0.05) is 19.8 Å². The van der Waals surface area contributed by atoms with E-state index in [4.69, 9.17) is 9.47 Å². The van der Waals surface area contributed by atoms with E-state index in [9.17, 15) is 0 Å². The van der Waals surface area contributed by atoms with Gasteiger partial charge in [0.05, 0.1) is 13.2 Å². The van der Waals surface area contributed by atoms with E-state index in [0.29, 0.717) is 19.3 Å². The molecule has 0 bridgehead atoms. The van der Waals surface area contributed by atoms with Gasteiger partial charge in [0.25, 0.3) is 0 Å². The second-order valence-electron chi connectivity index (χ2n) is 4.54. The number of hydrogen-bond donors (Lipinski definition) is 1. The van der Waals surface area contributed by atoms with Crippen molar-refractivity contribution in [3.8, 4) is 0 Å². The van der Waals surface area contributed by atoms with Crippen LogP contribution in [0.2, 0.25) is 0 Å². The summed E-state index contributed by atoms with van der Waals surface area (Å²) in [6, 6.07) is 0.629. The van der Waals surface area contributed by atoms with Crippen molar-refractivity contribution in [2.24, 2.45) is 0 Å². The van der Waals surface area contributed by atoms with Crippen LogP contribution in [0.1, 0.15) is 52.4 Å². The maximum absolute atomic E-state index is 5.53. The molecule has 0 spiro atoms. The molecule has 0 aliphatic heterocycles. The average molecular weight is 245 g/mol. The van der Waals surface area contributed by atoms with Crippen LogP contribution >= 0.6 is 0 Å². The molecule has 0 saturated carbocycles. The van der Waals surface area contributed by atoms with Crippen LogP contribution in [0.25, 0.3) is 0 Å². The van der Waals surface area contributed by atoms with Crippen molar-refractivity contribution in [1.29, 1.82) is 0 Å². The zero-order valence-electron chi connectivity index (χ0n) is 12.0. The highest BCUT2D eigenvalue weighted by Gasteiger charge is 2.06. The summed E-state index contributed by atoms with van der Waals surface area (Å²) in [6.45, 7) is 7.84. The average Bonchev–Trinajstić information content (AvgIpc) is 2.35. The van der Waals surface area contributed by atoms with Gasteiger partial charge in [-0.2, -0.15) is 0 Å². The number of methoxy groups -OCH3 is 1. The van der Waals surface area contributed by atoms with Gasteiger partial charge in [0.15, 0.2) is 0 Å². The van der Waals surface area contributed by atoms with Gasteiger partial charge >= 0.3 is 0 Å². The van der Waals surface area contributed by atoms with E-state index < -0.39 is 0 Å². The highest BCUT2D eigenvalue weighted by atomic mass is 16.5. The van der Waals surface area contributed by atoms with Crippen LogP contribution in [0, 0.1) is 0 Å². The van der Waals surface area contributed by atoms with Gasteiger partial charge in [0.1, 0.15) is 0 Å². The van der Waals surface area contributed by atoms with Crippen molar-refractivity contribution in [3.05, 3.63) is 0 Å². The summed E-state index contributed by atoms with van der Waals surface area (Å²) in [5.74, 6) is 0. The van der Waals surface area contributed by atoms with Gasteiger partial charge in [-0.05, 0) is 25.8 Å². The predicted molar refractivity (Wildman–Crippen MR) is 73.5 cm³/mol. The molecule has 0 rings (SSSR count). The van der Waals surface area contributed by atoms with Crippen molar-refractivity contribution >= 4 is 0 Å². The van der Waals surface area contributed by atoms with Gasteiger partial charge < -0.3 is 14.8 Å². The van der Waals surface area contributed by atoms with E-state index in [1.165, 1.54) is 32.1 Å². The molecule has 3 nitrogen and oxygen atoms in total. The first-order chi connectivity index (χ1) is 8.35. The van der Waals surface area contributed by atoms with Crippen molar-refractivity contribution < 1.29 is 9.47 Å². The van der Waals surface area contributed by atoms with Crippen LogP contribution < -0.4 is 5.32 Å². The minimum Gasteiger partial charge on any atom is -0.382 e. The second-order valence-corrected chi connectivity index (χ2v) is 4.54. The molecule has 1 atom stereocenters. The monoisotopic (exact) mass is 245 g/mol. The van der Waals surface area contributed by atoms with Crippen LogP contribution in [-0.2, 0) is 9.47 Å². The Morgan fingerprint density at radius 2 is 1.76 bits per heavy atom. The first kappa shape index (κ1) is 16.9. The van der Waals surface area contributed by atoms with Crippen LogP contribution in [0.3, 0.4) is 0 Å². The Labute approximate surface area is 107 Å². The molecular weight excluding hydrogens is 214 g/mol. The Balaban J connectivity index is 3.53. The van der Waals surface area contributed by atoms with Crippen molar-refractivity contribution in [2.45, 2.75) is 58.4 Å². The lowest BCUT2D eigenvalue weighted by atomic mass is 10.1. The van der Waals surface area contributed by atoms with Gasteiger partial charge in [-0.15, -0.1) is 0 Å². The van der Waals surface area contributed by atoms with E-state index in [2.05, 4.69) is 19.2 Å². The van der Waals surface area contributed by atoms with Crippen LogP contribution in [0.15, 0.2) is 0 Å². The molecule has 0 heterocycles. The molecule has 0 aliphatic rings. The quantitative estimate of drug-likeness (QED) is 0.506. The molecule has 0 fully saturated rings. The summed E-state index contributed by atoms with van der Waals surface area (Å²) in [4.78, 5) is 0. The number of hydrogen-bond acceptors (Lipinski definition) is 3. The van der Waals surface area contributed by atoms with Gasteiger partial charge in [-0.25, -0.2) is 0 Å². The third kappa shape index (κ3) is 12.1. The summed E-state index contributed by atoms with van der Waals surface area (Å²) in [7, 11) is 1.71. The molecule has 3 heteroatoms. The lowest BCUT2D eigenvalue weighted by Gasteiger charge is -2.18. The Hall–Kier alpha value is -0.120.